The molecule has 0 bridgehead atoms. The SMILES string of the molecule is Nc1ncccc1S(=O)(=O)Nc1cc(F)cc(Cl)c1. The number of benzene rings is 1. The molecule has 8 heteroatoms. The molecule has 0 radical (unpaired) electrons. The summed E-state index contributed by atoms with van der Waals surface area (Å²) in [6.45, 7) is 0. The van der Waals surface area contributed by atoms with E-state index < -0.39 is 15.8 Å². The number of anilines is 2. The lowest BCUT2D eigenvalue weighted by Crippen LogP contribution is -2.15. The highest BCUT2D eigenvalue weighted by molar-refractivity contribution is 7.92. The molecule has 3 N–H and O–H groups in total. The van der Waals surface area contributed by atoms with Crippen LogP contribution in [0.4, 0.5) is 15.9 Å². The molecule has 0 saturated carbocycles. The van der Waals surface area contributed by atoms with E-state index in [4.69, 9.17) is 17.3 Å². The molecule has 2 aromatic rings. The summed E-state index contributed by atoms with van der Waals surface area (Å²) in [5.74, 6) is -0.790. The molecule has 1 aromatic carbocycles. The van der Waals surface area contributed by atoms with Gasteiger partial charge in [-0.1, -0.05) is 11.6 Å². The third-order valence-corrected chi connectivity index (χ3v) is 3.85. The van der Waals surface area contributed by atoms with Crippen molar-refractivity contribution in [3.05, 3.63) is 47.4 Å². The number of nitrogen functional groups attached to an aromatic ring is 1. The van der Waals surface area contributed by atoms with E-state index in [0.29, 0.717) is 0 Å². The highest BCUT2D eigenvalue weighted by atomic mass is 35.5. The summed E-state index contributed by atoms with van der Waals surface area (Å²) in [5, 5.41) is 0.0804. The van der Waals surface area contributed by atoms with Gasteiger partial charge in [-0.25, -0.2) is 17.8 Å². The third-order valence-electron chi connectivity index (χ3n) is 2.20. The summed E-state index contributed by atoms with van der Waals surface area (Å²) in [4.78, 5) is 3.50. The van der Waals surface area contributed by atoms with Crippen LogP contribution >= 0.6 is 11.6 Å². The van der Waals surface area contributed by atoms with Crippen molar-refractivity contribution < 1.29 is 12.8 Å². The van der Waals surface area contributed by atoms with Crippen molar-refractivity contribution in [2.75, 3.05) is 10.5 Å². The first kappa shape index (κ1) is 13.6. The Bertz CT molecular complexity index is 701. The zero-order valence-electron chi connectivity index (χ0n) is 9.47. The summed E-state index contributed by atoms with van der Waals surface area (Å²) in [7, 11) is -3.94. The lowest BCUT2D eigenvalue weighted by molar-refractivity contribution is 0.601. The van der Waals surface area contributed by atoms with Crippen LogP contribution in [0.15, 0.2) is 41.4 Å². The molecule has 0 aliphatic heterocycles. The van der Waals surface area contributed by atoms with Gasteiger partial charge in [0.1, 0.15) is 16.5 Å². The first-order chi connectivity index (χ1) is 8.88. The zero-order chi connectivity index (χ0) is 14.0. The molecule has 0 aliphatic rings. The normalized spacial score (nSPS) is 11.3. The van der Waals surface area contributed by atoms with Crippen LogP contribution in [-0.4, -0.2) is 13.4 Å². The topological polar surface area (TPSA) is 85.1 Å². The molecular formula is C11H9ClFN3O2S. The average Bonchev–Trinajstić information content (AvgIpc) is 2.26. The van der Waals surface area contributed by atoms with Crippen LogP contribution in [0.1, 0.15) is 0 Å². The molecule has 0 spiro atoms. The van der Waals surface area contributed by atoms with Gasteiger partial charge in [0.05, 0.1) is 5.69 Å². The van der Waals surface area contributed by atoms with Crippen LogP contribution < -0.4 is 10.5 Å². The number of nitrogens with one attached hydrogen (secondary N) is 1. The van der Waals surface area contributed by atoms with Crippen LogP contribution in [0.5, 0.6) is 0 Å². The largest absolute Gasteiger partial charge is 0.383 e. The summed E-state index contributed by atoms with van der Waals surface area (Å²) >= 11 is 5.64. The Hall–Kier alpha value is -1.86. The lowest BCUT2D eigenvalue weighted by Gasteiger charge is -2.09. The second-order valence-corrected chi connectivity index (χ2v) is 5.74. The van der Waals surface area contributed by atoms with E-state index in [2.05, 4.69) is 9.71 Å². The number of rotatable bonds is 3. The number of nitrogens with zero attached hydrogens (tertiary/aromatic N) is 1. The summed E-state index contributed by atoms with van der Waals surface area (Å²) in [5.41, 5.74) is 5.50. The van der Waals surface area contributed by atoms with Crippen molar-refractivity contribution in [2.24, 2.45) is 0 Å². The first-order valence-electron chi connectivity index (χ1n) is 5.08. The lowest BCUT2D eigenvalue weighted by atomic mass is 10.3. The van der Waals surface area contributed by atoms with Gasteiger partial charge in [-0.2, -0.15) is 0 Å². The standard InChI is InChI=1S/C11H9ClFN3O2S/c12-7-4-8(13)6-9(5-7)16-19(17,18)10-2-1-3-15-11(10)14/h1-6,16H,(H2,14,15). The second kappa shape index (κ2) is 5.02. The Morgan fingerprint density at radius 2 is 2.05 bits per heavy atom. The van der Waals surface area contributed by atoms with E-state index in [0.717, 1.165) is 12.1 Å². The van der Waals surface area contributed by atoms with Gasteiger partial charge >= 0.3 is 0 Å². The first-order valence-corrected chi connectivity index (χ1v) is 6.94. The molecule has 0 unspecified atom stereocenters. The fourth-order valence-electron chi connectivity index (χ4n) is 1.45. The van der Waals surface area contributed by atoms with Crippen LogP contribution in [0.2, 0.25) is 5.02 Å². The summed E-state index contributed by atoms with van der Waals surface area (Å²) < 4.78 is 39.4. The van der Waals surface area contributed by atoms with Crippen molar-refractivity contribution in [2.45, 2.75) is 4.90 Å². The van der Waals surface area contributed by atoms with Gasteiger partial charge in [0, 0.05) is 11.2 Å². The Labute approximate surface area is 114 Å². The van der Waals surface area contributed by atoms with E-state index >= 15 is 0 Å². The zero-order valence-corrected chi connectivity index (χ0v) is 11.0. The van der Waals surface area contributed by atoms with Gasteiger partial charge < -0.3 is 5.73 Å². The smallest absolute Gasteiger partial charge is 0.265 e. The molecule has 0 amide bonds. The molecule has 0 saturated heterocycles. The van der Waals surface area contributed by atoms with Crippen molar-refractivity contribution in [3.63, 3.8) is 0 Å². The molecule has 1 aromatic heterocycles. The van der Waals surface area contributed by atoms with Crippen LogP contribution in [0.25, 0.3) is 0 Å². The van der Waals surface area contributed by atoms with Crippen LogP contribution in [0, 0.1) is 5.82 Å². The number of hydrogen-bond donors (Lipinski definition) is 2. The van der Waals surface area contributed by atoms with Gasteiger partial charge in [0.2, 0.25) is 0 Å². The van der Waals surface area contributed by atoms with Gasteiger partial charge in [0.25, 0.3) is 10.0 Å². The predicted molar refractivity (Wildman–Crippen MR) is 70.9 cm³/mol. The Kier molecular flexibility index (Phi) is 3.59. The molecular weight excluding hydrogens is 293 g/mol. The van der Waals surface area contributed by atoms with Crippen LogP contribution in [-0.2, 0) is 10.0 Å². The van der Waals surface area contributed by atoms with Crippen molar-refractivity contribution in [3.8, 4) is 0 Å². The molecule has 2 rings (SSSR count). The second-order valence-electron chi connectivity index (χ2n) is 3.65. The van der Waals surface area contributed by atoms with Crippen molar-refractivity contribution in [1.82, 2.24) is 4.98 Å². The Morgan fingerprint density at radius 3 is 2.68 bits per heavy atom. The van der Waals surface area contributed by atoms with E-state index in [1.807, 2.05) is 0 Å². The Balaban J connectivity index is 2.39. The Morgan fingerprint density at radius 1 is 1.32 bits per heavy atom. The van der Waals surface area contributed by atoms with Crippen molar-refractivity contribution in [1.29, 1.82) is 0 Å². The number of aromatic nitrogens is 1. The summed E-state index contributed by atoms with van der Waals surface area (Å²) in [6, 6.07) is 6.09. The maximum absolute atomic E-state index is 13.1. The highest BCUT2D eigenvalue weighted by Gasteiger charge is 2.18. The molecule has 0 fully saturated rings. The number of pyridine rings is 1. The van der Waals surface area contributed by atoms with Gasteiger partial charge in [0.15, 0.2) is 0 Å². The average molecular weight is 302 g/mol. The fraction of sp³-hybridized carbons (Fsp3) is 0. The number of hydrogen-bond acceptors (Lipinski definition) is 4. The van der Waals surface area contributed by atoms with Crippen molar-refractivity contribution >= 4 is 33.1 Å². The maximum atomic E-state index is 13.1. The maximum Gasteiger partial charge on any atom is 0.265 e. The van der Waals surface area contributed by atoms with E-state index in [1.54, 1.807) is 0 Å². The minimum Gasteiger partial charge on any atom is -0.383 e. The molecule has 0 atom stereocenters. The number of sulfonamides is 1. The number of nitrogens with two attached hydrogens (primary N) is 1. The highest BCUT2D eigenvalue weighted by Crippen LogP contribution is 2.22. The minimum absolute atomic E-state index is 0.00764. The van der Waals surface area contributed by atoms with E-state index in [-0.39, 0.29) is 21.4 Å². The van der Waals surface area contributed by atoms with E-state index in [1.165, 1.54) is 24.4 Å². The molecule has 19 heavy (non-hydrogen) atoms. The summed E-state index contributed by atoms with van der Waals surface area (Å²) in [6.07, 6.45) is 1.37. The number of halogens is 2. The van der Waals surface area contributed by atoms with Crippen LogP contribution in [0.3, 0.4) is 0 Å². The van der Waals surface area contributed by atoms with Gasteiger partial charge in [-0.3, -0.25) is 4.72 Å². The molecule has 5 nitrogen and oxygen atoms in total. The fourth-order valence-corrected chi connectivity index (χ4v) is 2.80. The monoisotopic (exact) mass is 301 g/mol. The third kappa shape index (κ3) is 3.12. The molecule has 1 heterocycles. The van der Waals surface area contributed by atoms with Gasteiger partial charge in [-0.05, 0) is 30.3 Å². The predicted octanol–water partition coefficient (Wildman–Crippen LogP) is 2.26. The molecule has 0 aliphatic carbocycles. The molecule has 100 valence electrons. The van der Waals surface area contributed by atoms with E-state index in [9.17, 15) is 12.8 Å². The quantitative estimate of drug-likeness (QED) is 0.910. The van der Waals surface area contributed by atoms with Gasteiger partial charge in [-0.15, -0.1) is 0 Å². The minimum atomic E-state index is -3.94.